The Kier molecular flexibility index (Phi) is 3.71. The molecule has 0 spiro atoms. The van der Waals surface area contributed by atoms with Crippen LogP contribution < -0.4 is 11.5 Å². The molecule has 1 amide bonds. The highest BCUT2D eigenvalue weighted by atomic mass is 35.5. The molecule has 1 aromatic rings. The Morgan fingerprint density at radius 3 is 2.63 bits per heavy atom. The maximum absolute atomic E-state index is 12.4. The Hall–Kier alpha value is -1.31. The van der Waals surface area contributed by atoms with Gasteiger partial charge < -0.3 is 11.5 Å². The Balaban J connectivity index is 2.31. The molecular formula is C11H14ClN3O3S. The van der Waals surface area contributed by atoms with Crippen LogP contribution in [0.1, 0.15) is 6.42 Å². The molecule has 1 fully saturated rings. The van der Waals surface area contributed by atoms with Gasteiger partial charge in [0.15, 0.2) is 0 Å². The van der Waals surface area contributed by atoms with Crippen molar-refractivity contribution in [3.63, 3.8) is 0 Å². The Labute approximate surface area is 116 Å². The summed E-state index contributed by atoms with van der Waals surface area (Å²) in [5, 5.41) is 0.0718. The second-order valence-corrected chi connectivity index (χ2v) is 6.75. The van der Waals surface area contributed by atoms with Gasteiger partial charge in [0, 0.05) is 18.8 Å². The third-order valence-electron chi connectivity index (χ3n) is 3.13. The Morgan fingerprint density at radius 2 is 2.11 bits per heavy atom. The number of amides is 1. The van der Waals surface area contributed by atoms with Crippen molar-refractivity contribution in [2.75, 3.05) is 18.8 Å². The van der Waals surface area contributed by atoms with Crippen molar-refractivity contribution in [2.24, 2.45) is 11.7 Å². The quantitative estimate of drug-likeness (QED) is 0.789. The first-order valence-electron chi connectivity index (χ1n) is 5.67. The standard InChI is InChI=1S/C11H14ClN3O3S/c12-9-5-8(13)1-2-10(9)19(17,18)15-4-3-7(6-15)11(14)16/h1-2,5,7H,3-4,6,13H2,(H2,14,16). The Bertz CT molecular complexity index is 618. The lowest BCUT2D eigenvalue weighted by Crippen LogP contribution is -2.32. The summed E-state index contributed by atoms with van der Waals surface area (Å²) in [4.78, 5) is 11.1. The number of rotatable bonds is 3. The molecule has 1 aliphatic heterocycles. The molecule has 0 aromatic heterocycles. The summed E-state index contributed by atoms with van der Waals surface area (Å²) >= 11 is 5.91. The number of sulfonamides is 1. The van der Waals surface area contributed by atoms with Crippen molar-refractivity contribution in [3.05, 3.63) is 23.2 Å². The van der Waals surface area contributed by atoms with Crippen molar-refractivity contribution in [3.8, 4) is 0 Å². The molecule has 4 N–H and O–H groups in total. The Morgan fingerprint density at radius 1 is 1.42 bits per heavy atom. The van der Waals surface area contributed by atoms with Crippen LogP contribution in [-0.4, -0.2) is 31.7 Å². The number of nitrogens with two attached hydrogens (primary N) is 2. The summed E-state index contributed by atoms with van der Waals surface area (Å²) in [5.74, 6) is -0.927. The number of anilines is 1. The average Bonchev–Trinajstić information content (AvgIpc) is 2.78. The number of halogens is 1. The number of nitrogens with zero attached hydrogens (tertiary/aromatic N) is 1. The molecule has 1 heterocycles. The van der Waals surface area contributed by atoms with E-state index >= 15 is 0 Å². The number of nitrogen functional groups attached to an aromatic ring is 1. The van der Waals surface area contributed by atoms with E-state index < -0.39 is 21.8 Å². The van der Waals surface area contributed by atoms with Crippen molar-refractivity contribution in [2.45, 2.75) is 11.3 Å². The minimum atomic E-state index is -3.71. The fourth-order valence-electron chi connectivity index (χ4n) is 2.04. The van der Waals surface area contributed by atoms with Gasteiger partial charge in [-0.15, -0.1) is 0 Å². The molecule has 1 saturated heterocycles. The minimum Gasteiger partial charge on any atom is -0.399 e. The zero-order valence-corrected chi connectivity index (χ0v) is 11.6. The summed E-state index contributed by atoms with van der Waals surface area (Å²) in [6, 6.07) is 4.22. The topological polar surface area (TPSA) is 106 Å². The zero-order valence-electron chi connectivity index (χ0n) is 10.0. The lowest BCUT2D eigenvalue weighted by Gasteiger charge is -2.17. The van der Waals surface area contributed by atoms with Crippen LogP contribution in [0.25, 0.3) is 0 Å². The molecule has 104 valence electrons. The number of benzene rings is 1. The van der Waals surface area contributed by atoms with E-state index in [4.69, 9.17) is 23.1 Å². The van der Waals surface area contributed by atoms with Gasteiger partial charge in [0.1, 0.15) is 4.90 Å². The van der Waals surface area contributed by atoms with Gasteiger partial charge >= 0.3 is 0 Å². The van der Waals surface area contributed by atoms with Crippen LogP contribution in [0.2, 0.25) is 5.02 Å². The predicted molar refractivity (Wildman–Crippen MR) is 71.9 cm³/mol. The molecule has 0 bridgehead atoms. The molecule has 1 unspecified atom stereocenters. The highest BCUT2D eigenvalue weighted by molar-refractivity contribution is 7.89. The third kappa shape index (κ3) is 2.68. The number of hydrogen-bond donors (Lipinski definition) is 2. The lowest BCUT2D eigenvalue weighted by atomic mass is 10.1. The summed E-state index contributed by atoms with van der Waals surface area (Å²) in [5.41, 5.74) is 11.1. The van der Waals surface area contributed by atoms with Gasteiger partial charge in [-0.25, -0.2) is 8.42 Å². The highest BCUT2D eigenvalue weighted by Crippen LogP contribution is 2.29. The van der Waals surface area contributed by atoms with Gasteiger partial charge in [-0.2, -0.15) is 4.31 Å². The first-order valence-corrected chi connectivity index (χ1v) is 7.48. The van der Waals surface area contributed by atoms with E-state index in [0.29, 0.717) is 12.1 Å². The maximum atomic E-state index is 12.4. The van der Waals surface area contributed by atoms with Crippen LogP contribution in [0.15, 0.2) is 23.1 Å². The molecule has 2 rings (SSSR count). The first kappa shape index (κ1) is 14.1. The number of primary amides is 1. The van der Waals surface area contributed by atoms with Crippen LogP contribution in [0.5, 0.6) is 0 Å². The van der Waals surface area contributed by atoms with Crippen LogP contribution in [0.4, 0.5) is 5.69 Å². The van der Waals surface area contributed by atoms with Crippen molar-refractivity contribution in [1.29, 1.82) is 0 Å². The van der Waals surface area contributed by atoms with E-state index in [1.165, 1.54) is 22.5 Å². The lowest BCUT2D eigenvalue weighted by molar-refractivity contribution is -0.121. The van der Waals surface area contributed by atoms with Gasteiger partial charge in [-0.05, 0) is 24.6 Å². The average molecular weight is 304 g/mol. The zero-order chi connectivity index (χ0) is 14.2. The summed E-state index contributed by atoms with van der Waals surface area (Å²) in [6.07, 6.45) is 0.432. The SMILES string of the molecule is NC(=O)C1CCN(S(=O)(=O)c2ccc(N)cc2Cl)C1. The maximum Gasteiger partial charge on any atom is 0.244 e. The van der Waals surface area contributed by atoms with E-state index in [2.05, 4.69) is 0 Å². The molecule has 0 radical (unpaired) electrons. The molecule has 0 aliphatic carbocycles. The second kappa shape index (κ2) is 4.99. The molecule has 0 saturated carbocycles. The van der Waals surface area contributed by atoms with E-state index in [1.807, 2.05) is 0 Å². The van der Waals surface area contributed by atoms with E-state index in [-0.39, 0.29) is 23.0 Å². The van der Waals surface area contributed by atoms with Gasteiger partial charge in [0.25, 0.3) is 0 Å². The largest absolute Gasteiger partial charge is 0.399 e. The van der Waals surface area contributed by atoms with E-state index in [1.54, 1.807) is 0 Å². The minimum absolute atomic E-state index is 0.00603. The smallest absolute Gasteiger partial charge is 0.244 e. The predicted octanol–water partition coefficient (Wildman–Crippen LogP) is 0.418. The first-order chi connectivity index (χ1) is 8.82. The second-order valence-electron chi connectivity index (χ2n) is 4.44. The number of carbonyl (C=O) groups excluding carboxylic acids is 1. The van der Waals surface area contributed by atoms with Crippen molar-refractivity contribution < 1.29 is 13.2 Å². The molecule has 8 heteroatoms. The van der Waals surface area contributed by atoms with Gasteiger partial charge in [0.05, 0.1) is 10.9 Å². The normalized spacial score (nSPS) is 20.6. The molecule has 6 nitrogen and oxygen atoms in total. The fraction of sp³-hybridized carbons (Fsp3) is 0.364. The molecular weight excluding hydrogens is 290 g/mol. The molecule has 19 heavy (non-hydrogen) atoms. The number of hydrogen-bond acceptors (Lipinski definition) is 4. The van der Waals surface area contributed by atoms with Crippen LogP contribution in [0, 0.1) is 5.92 Å². The van der Waals surface area contributed by atoms with Crippen LogP contribution >= 0.6 is 11.6 Å². The fourth-order valence-corrected chi connectivity index (χ4v) is 4.07. The summed E-state index contributed by atoms with van der Waals surface area (Å²) < 4.78 is 26.0. The summed E-state index contributed by atoms with van der Waals surface area (Å²) in [6.45, 7) is 0.356. The van der Waals surface area contributed by atoms with E-state index in [9.17, 15) is 13.2 Å². The van der Waals surface area contributed by atoms with Gasteiger partial charge in [-0.1, -0.05) is 11.6 Å². The van der Waals surface area contributed by atoms with Crippen LogP contribution in [-0.2, 0) is 14.8 Å². The summed E-state index contributed by atoms with van der Waals surface area (Å²) in [7, 11) is -3.71. The van der Waals surface area contributed by atoms with Crippen molar-refractivity contribution >= 4 is 33.2 Å². The van der Waals surface area contributed by atoms with Crippen LogP contribution in [0.3, 0.4) is 0 Å². The van der Waals surface area contributed by atoms with Gasteiger partial charge in [-0.3, -0.25) is 4.79 Å². The van der Waals surface area contributed by atoms with Crippen molar-refractivity contribution in [1.82, 2.24) is 4.31 Å². The number of carbonyl (C=O) groups is 1. The molecule has 1 aliphatic rings. The van der Waals surface area contributed by atoms with E-state index in [0.717, 1.165) is 0 Å². The molecule has 1 aromatic carbocycles. The molecule has 1 atom stereocenters. The third-order valence-corrected chi connectivity index (χ3v) is 5.48. The van der Waals surface area contributed by atoms with Gasteiger partial charge in [0.2, 0.25) is 15.9 Å². The highest BCUT2D eigenvalue weighted by Gasteiger charge is 2.35. The monoisotopic (exact) mass is 303 g/mol.